The van der Waals surface area contributed by atoms with Gasteiger partial charge in [0.15, 0.2) is 0 Å². The number of nitrogens with zero attached hydrogens (tertiary/aromatic N) is 3. The number of benzene rings is 2. The molecule has 124 valence electrons. The Kier molecular flexibility index (Phi) is 3.62. The Balaban J connectivity index is 1.72. The second-order valence-electron chi connectivity index (χ2n) is 5.38. The molecule has 2 aromatic carbocycles. The summed E-state index contributed by atoms with van der Waals surface area (Å²) < 4.78 is 1.38. The van der Waals surface area contributed by atoms with Gasteiger partial charge in [0.1, 0.15) is 0 Å². The molecular weight excluding hydrogens is 342 g/mol. The second kappa shape index (κ2) is 5.95. The van der Waals surface area contributed by atoms with Gasteiger partial charge in [-0.25, -0.2) is 14.5 Å². The number of aromatic carboxylic acids is 1. The minimum absolute atomic E-state index is 0.0879. The molecule has 0 aliphatic carbocycles. The summed E-state index contributed by atoms with van der Waals surface area (Å²) in [5.74, 6) is -0.629. The van der Waals surface area contributed by atoms with Crippen molar-refractivity contribution in [2.75, 3.05) is 5.32 Å². The molecule has 7 nitrogen and oxygen atoms in total. The number of aromatic nitrogens is 4. The first-order chi connectivity index (χ1) is 12.1. The van der Waals surface area contributed by atoms with Crippen LogP contribution in [-0.2, 0) is 0 Å². The number of hydrogen-bond acceptors (Lipinski definition) is 4. The highest BCUT2D eigenvalue weighted by Gasteiger charge is 2.12. The Hall–Kier alpha value is -3.32. The molecule has 0 amide bonds. The summed E-state index contributed by atoms with van der Waals surface area (Å²) in [6.45, 7) is 0. The largest absolute Gasteiger partial charge is 0.478 e. The third-order valence-electron chi connectivity index (χ3n) is 3.66. The topological polar surface area (TPSA) is 95.8 Å². The summed E-state index contributed by atoms with van der Waals surface area (Å²) in [6.07, 6.45) is 2.66. The van der Waals surface area contributed by atoms with E-state index >= 15 is 0 Å². The van der Waals surface area contributed by atoms with Gasteiger partial charge in [-0.1, -0.05) is 29.8 Å². The van der Waals surface area contributed by atoms with E-state index in [1.165, 1.54) is 17.1 Å². The minimum Gasteiger partial charge on any atom is -0.478 e. The summed E-state index contributed by atoms with van der Waals surface area (Å²) in [7, 11) is 0. The van der Waals surface area contributed by atoms with Gasteiger partial charge in [0.2, 0.25) is 5.95 Å². The maximum atomic E-state index is 11.0. The third-order valence-corrected chi connectivity index (χ3v) is 3.97. The molecule has 0 spiro atoms. The number of rotatable bonds is 4. The minimum atomic E-state index is -1.04. The van der Waals surface area contributed by atoms with E-state index in [0.717, 1.165) is 16.9 Å². The Labute approximate surface area is 146 Å². The van der Waals surface area contributed by atoms with E-state index in [9.17, 15) is 4.79 Å². The Morgan fingerprint density at radius 1 is 1.24 bits per heavy atom. The molecule has 0 bridgehead atoms. The van der Waals surface area contributed by atoms with Crippen molar-refractivity contribution in [1.29, 1.82) is 0 Å². The number of aromatic amines is 1. The summed E-state index contributed by atoms with van der Waals surface area (Å²) in [5.41, 5.74) is 3.16. The average molecular weight is 354 g/mol. The zero-order chi connectivity index (χ0) is 17.4. The molecule has 0 aliphatic rings. The van der Waals surface area contributed by atoms with Crippen LogP contribution in [0, 0.1) is 0 Å². The van der Waals surface area contributed by atoms with E-state index in [4.69, 9.17) is 16.7 Å². The summed E-state index contributed by atoms with van der Waals surface area (Å²) >= 11 is 6.34. The number of carboxylic acid groups (broad SMARTS) is 1. The zero-order valence-electron chi connectivity index (χ0n) is 12.8. The predicted molar refractivity (Wildman–Crippen MR) is 94.9 cm³/mol. The van der Waals surface area contributed by atoms with Crippen molar-refractivity contribution < 1.29 is 9.90 Å². The van der Waals surface area contributed by atoms with Gasteiger partial charge < -0.3 is 15.4 Å². The fourth-order valence-corrected chi connectivity index (χ4v) is 2.65. The van der Waals surface area contributed by atoms with Gasteiger partial charge in [-0.05, 0) is 24.3 Å². The fraction of sp³-hybridized carbons (Fsp3) is 0. The number of halogens is 1. The number of carboxylic acids is 1. The summed E-state index contributed by atoms with van der Waals surface area (Å²) in [4.78, 5) is 18.5. The molecule has 2 aromatic heterocycles. The zero-order valence-corrected chi connectivity index (χ0v) is 13.5. The molecule has 2 heterocycles. The van der Waals surface area contributed by atoms with Crippen molar-refractivity contribution in [1.82, 2.24) is 19.7 Å². The van der Waals surface area contributed by atoms with Crippen LogP contribution in [0.25, 0.3) is 17.0 Å². The lowest BCUT2D eigenvalue weighted by Crippen LogP contribution is -1.97. The first-order valence-electron chi connectivity index (χ1n) is 7.40. The van der Waals surface area contributed by atoms with Crippen LogP contribution >= 0.6 is 11.6 Å². The molecule has 0 aliphatic heterocycles. The van der Waals surface area contributed by atoms with Gasteiger partial charge in [-0.15, -0.1) is 0 Å². The molecule has 0 fully saturated rings. The van der Waals surface area contributed by atoms with Gasteiger partial charge in [-0.3, -0.25) is 0 Å². The van der Waals surface area contributed by atoms with Crippen molar-refractivity contribution in [3.63, 3.8) is 0 Å². The molecule has 0 radical (unpaired) electrons. The van der Waals surface area contributed by atoms with E-state index < -0.39 is 5.97 Å². The SMILES string of the molecule is O=C(O)c1cnn(-c2nc3cc(Cl)c(Nc4ccccc4)cc3[nH]2)c1. The van der Waals surface area contributed by atoms with Gasteiger partial charge in [0.05, 0.1) is 33.5 Å². The van der Waals surface area contributed by atoms with Crippen LogP contribution in [0.2, 0.25) is 5.02 Å². The number of H-pyrrole nitrogens is 1. The molecule has 25 heavy (non-hydrogen) atoms. The molecular formula is C17H12ClN5O2. The standard InChI is InChI=1S/C17H12ClN5O2/c18-12-6-14-15(7-13(12)20-11-4-2-1-3-5-11)22-17(21-14)23-9-10(8-19-23)16(24)25/h1-9,20H,(H,21,22)(H,24,25). The van der Waals surface area contributed by atoms with Crippen LogP contribution in [-0.4, -0.2) is 30.8 Å². The molecule has 0 saturated carbocycles. The van der Waals surface area contributed by atoms with Crippen LogP contribution in [0.5, 0.6) is 0 Å². The molecule has 0 atom stereocenters. The number of carbonyl (C=O) groups is 1. The normalized spacial score (nSPS) is 10.9. The quantitative estimate of drug-likeness (QED) is 0.518. The highest BCUT2D eigenvalue weighted by Crippen LogP contribution is 2.30. The van der Waals surface area contributed by atoms with Crippen LogP contribution < -0.4 is 5.32 Å². The van der Waals surface area contributed by atoms with E-state index in [0.29, 0.717) is 16.5 Å². The first-order valence-corrected chi connectivity index (χ1v) is 7.77. The number of imidazole rings is 1. The Morgan fingerprint density at radius 2 is 2.04 bits per heavy atom. The predicted octanol–water partition coefficient (Wildman–Crippen LogP) is 3.84. The van der Waals surface area contributed by atoms with Gasteiger partial charge in [0.25, 0.3) is 0 Å². The van der Waals surface area contributed by atoms with Crippen molar-refractivity contribution in [3.05, 3.63) is 65.4 Å². The average Bonchev–Trinajstić information content (AvgIpc) is 3.22. The Morgan fingerprint density at radius 3 is 2.76 bits per heavy atom. The maximum Gasteiger partial charge on any atom is 0.338 e. The van der Waals surface area contributed by atoms with Crippen molar-refractivity contribution >= 4 is 40.0 Å². The maximum absolute atomic E-state index is 11.0. The number of anilines is 2. The van der Waals surface area contributed by atoms with Crippen LogP contribution in [0.3, 0.4) is 0 Å². The van der Waals surface area contributed by atoms with Gasteiger partial charge >= 0.3 is 5.97 Å². The number of para-hydroxylation sites is 1. The lowest BCUT2D eigenvalue weighted by molar-refractivity contribution is 0.0697. The lowest BCUT2D eigenvalue weighted by atomic mass is 10.2. The van der Waals surface area contributed by atoms with E-state index in [-0.39, 0.29) is 5.56 Å². The highest BCUT2D eigenvalue weighted by molar-refractivity contribution is 6.34. The third kappa shape index (κ3) is 2.92. The van der Waals surface area contributed by atoms with Crippen LogP contribution in [0.4, 0.5) is 11.4 Å². The van der Waals surface area contributed by atoms with Gasteiger partial charge in [0, 0.05) is 11.9 Å². The lowest BCUT2D eigenvalue weighted by Gasteiger charge is -2.08. The molecule has 4 aromatic rings. The van der Waals surface area contributed by atoms with Crippen molar-refractivity contribution in [2.24, 2.45) is 0 Å². The van der Waals surface area contributed by atoms with E-state index in [2.05, 4.69) is 20.4 Å². The summed E-state index contributed by atoms with van der Waals surface area (Å²) in [6, 6.07) is 13.3. The molecule has 4 rings (SSSR count). The van der Waals surface area contributed by atoms with E-state index in [1.807, 2.05) is 36.4 Å². The summed E-state index contributed by atoms with van der Waals surface area (Å²) in [5, 5.41) is 16.8. The molecule has 3 N–H and O–H groups in total. The number of hydrogen-bond donors (Lipinski definition) is 3. The smallest absolute Gasteiger partial charge is 0.338 e. The van der Waals surface area contributed by atoms with E-state index in [1.54, 1.807) is 6.07 Å². The molecule has 8 heteroatoms. The molecule has 0 unspecified atom stereocenters. The Bertz CT molecular complexity index is 1070. The molecule has 0 saturated heterocycles. The highest BCUT2D eigenvalue weighted by atomic mass is 35.5. The van der Waals surface area contributed by atoms with Crippen LogP contribution in [0.1, 0.15) is 10.4 Å². The van der Waals surface area contributed by atoms with Crippen molar-refractivity contribution in [2.45, 2.75) is 0 Å². The van der Waals surface area contributed by atoms with Crippen LogP contribution in [0.15, 0.2) is 54.9 Å². The first kappa shape index (κ1) is 15.2. The second-order valence-corrected chi connectivity index (χ2v) is 5.79. The van der Waals surface area contributed by atoms with Gasteiger partial charge in [-0.2, -0.15) is 5.10 Å². The fourth-order valence-electron chi connectivity index (χ4n) is 2.45. The van der Waals surface area contributed by atoms with Crippen molar-refractivity contribution in [3.8, 4) is 5.95 Å². The number of nitrogens with one attached hydrogen (secondary N) is 2. The monoisotopic (exact) mass is 353 g/mol. The number of fused-ring (bicyclic) bond motifs is 1.